The molecule has 0 fully saturated rings. The lowest BCUT2D eigenvalue weighted by Gasteiger charge is -2.25. The van der Waals surface area contributed by atoms with Crippen molar-refractivity contribution >= 4 is 11.4 Å². The minimum atomic E-state index is 0.0226. The highest BCUT2D eigenvalue weighted by atomic mass is 14.9. The van der Waals surface area contributed by atoms with Gasteiger partial charge in [-0.3, -0.25) is 0 Å². The molecule has 5 rings (SSSR count). The molecule has 0 atom stereocenters. The van der Waals surface area contributed by atoms with Crippen LogP contribution in [0, 0.1) is 0 Å². The third-order valence-corrected chi connectivity index (χ3v) is 7.39. The number of anilines is 2. The van der Waals surface area contributed by atoms with E-state index in [0.717, 1.165) is 11.4 Å². The summed E-state index contributed by atoms with van der Waals surface area (Å²) >= 11 is 0. The van der Waals surface area contributed by atoms with Crippen LogP contribution in [0.2, 0.25) is 0 Å². The number of nitrogens with one attached hydrogen (secondary N) is 1. The molecular formula is C38H39N. The first kappa shape index (κ1) is 26.5. The van der Waals surface area contributed by atoms with Crippen molar-refractivity contribution < 1.29 is 0 Å². The Balaban J connectivity index is 1.61. The zero-order valence-electron chi connectivity index (χ0n) is 24.0. The van der Waals surface area contributed by atoms with E-state index >= 15 is 0 Å². The van der Waals surface area contributed by atoms with Crippen LogP contribution in [0.15, 0.2) is 121 Å². The maximum atomic E-state index is 3.83. The molecule has 1 N–H and O–H groups in total. The topological polar surface area (TPSA) is 12.0 Å². The number of benzene rings is 5. The molecule has 5 aromatic rings. The number of hydrogen-bond acceptors (Lipinski definition) is 1. The lowest BCUT2D eigenvalue weighted by atomic mass is 9.82. The van der Waals surface area contributed by atoms with Crippen LogP contribution in [-0.2, 0) is 10.8 Å². The average Bonchev–Trinajstić information content (AvgIpc) is 2.93. The van der Waals surface area contributed by atoms with Gasteiger partial charge in [0, 0.05) is 16.8 Å². The first-order chi connectivity index (χ1) is 18.6. The molecule has 5 aromatic carbocycles. The van der Waals surface area contributed by atoms with Crippen LogP contribution >= 0.6 is 0 Å². The smallest absolute Gasteiger partial charge is 0.0543 e. The van der Waals surface area contributed by atoms with E-state index in [1.54, 1.807) is 0 Å². The van der Waals surface area contributed by atoms with Gasteiger partial charge in [0.25, 0.3) is 0 Å². The fourth-order valence-electron chi connectivity index (χ4n) is 4.96. The second-order valence-electron chi connectivity index (χ2n) is 12.5. The molecule has 0 aliphatic heterocycles. The van der Waals surface area contributed by atoms with Crippen molar-refractivity contribution in [3.8, 4) is 33.4 Å². The van der Waals surface area contributed by atoms with E-state index < -0.39 is 0 Å². The largest absolute Gasteiger partial charge is 0.355 e. The van der Waals surface area contributed by atoms with E-state index in [2.05, 4.69) is 168 Å². The third-order valence-electron chi connectivity index (χ3n) is 7.39. The molecule has 0 unspecified atom stereocenters. The highest BCUT2D eigenvalue weighted by Gasteiger charge is 2.21. The zero-order chi connectivity index (χ0) is 27.6. The van der Waals surface area contributed by atoms with E-state index in [1.807, 2.05) is 0 Å². The van der Waals surface area contributed by atoms with E-state index in [-0.39, 0.29) is 10.8 Å². The highest BCUT2D eigenvalue weighted by molar-refractivity contribution is 5.93. The van der Waals surface area contributed by atoms with Crippen molar-refractivity contribution in [2.45, 2.75) is 52.4 Å². The van der Waals surface area contributed by atoms with Gasteiger partial charge in [-0.05, 0) is 68.5 Å². The van der Waals surface area contributed by atoms with Crippen LogP contribution < -0.4 is 5.32 Å². The monoisotopic (exact) mass is 509 g/mol. The molecule has 0 heterocycles. The molecule has 0 saturated carbocycles. The predicted octanol–water partition coefficient (Wildman–Crippen LogP) is 11.0. The molecule has 0 aliphatic carbocycles. The summed E-state index contributed by atoms with van der Waals surface area (Å²) in [6.07, 6.45) is 0. The van der Waals surface area contributed by atoms with Crippen molar-refractivity contribution in [3.05, 3.63) is 132 Å². The molecule has 0 amide bonds. The maximum Gasteiger partial charge on any atom is 0.0543 e. The summed E-state index contributed by atoms with van der Waals surface area (Å²) in [5.74, 6) is 0. The lowest BCUT2D eigenvalue weighted by Crippen LogP contribution is -2.12. The number of hydrogen-bond donors (Lipinski definition) is 1. The van der Waals surface area contributed by atoms with Gasteiger partial charge < -0.3 is 5.32 Å². The fourth-order valence-corrected chi connectivity index (χ4v) is 4.96. The molecule has 0 aliphatic rings. The van der Waals surface area contributed by atoms with Crippen LogP contribution in [0.3, 0.4) is 0 Å². The van der Waals surface area contributed by atoms with E-state index in [9.17, 15) is 0 Å². The minimum Gasteiger partial charge on any atom is -0.355 e. The summed E-state index contributed by atoms with van der Waals surface area (Å²) in [7, 11) is 0. The summed E-state index contributed by atoms with van der Waals surface area (Å²) in [5, 5.41) is 3.83. The Hall–Kier alpha value is -4.10. The summed E-state index contributed by atoms with van der Waals surface area (Å²) in [6, 6.07) is 43.9. The zero-order valence-corrected chi connectivity index (χ0v) is 24.0. The van der Waals surface area contributed by atoms with Crippen LogP contribution in [-0.4, -0.2) is 0 Å². The third kappa shape index (κ3) is 5.99. The Labute approximate surface area is 234 Å². The molecular weight excluding hydrogens is 470 g/mol. The average molecular weight is 510 g/mol. The van der Waals surface area contributed by atoms with Crippen LogP contribution in [0.5, 0.6) is 0 Å². The molecule has 0 aromatic heterocycles. The fraction of sp³-hybridized carbons (Fsp3) is 0.211. The van der Waals surface area contributed by atoms with Crippen molar-refractivity contribution in [1.29, 1.82) is 0 Å². The van der Waals surface area contributed by atoms with Gasteiger partial charge in [0.2, 0.25) is 0 Å². The van der Waals surface area contributed by atoms with Crippen molar-refractivity contribution in [3.63, 3.8) is 0 Å². The number of rotatable bonds is 5. The standard InChI is InChI=1S/C38H39N/c1-37(2,3)31-19-13-18-30(24-31)27-20-22-33(23-21-27)39-36-34(28-14-9-7-10-15-28)25-32(38(4,5)6)26-35(36)29-16-11-8-12-17-29/h7-26,39H,1-6H3. The lowest BCUT2D eigenvalue weighted by molar-refractivity contribution is 0.590. The van der Waals surface area contributed by atoms with Crippen molar-refractivity contribution in [1.82, 2.24) is 0 Å². The van der Waals surface area contributed by atoms with Crippen LogP contribution in [0.1, 0.15) is 52.7 Å². The molecule has 0 spiro atoms. The van der Waals surface area contributed by atoms with Crippen molar-refractivity contribution in [2.75, 3.05) is 5.32 Å². The van der Waals surface area contributed by atoms with Gasteiger partial charge in [-0.15, -0.1) is 0 Å². The first-order valence-electron chi connectivity index (χ1n) is 13.9. The van der Waals surface area contributed by atoms with E-state index in [4.69, 9.17) is 0 Å². The maximum absolute atomic E-state index is 3.83. The van der Waals surface area contributed by atoms with Crippen LogP contribution in [0.25, 0.3) is 33.4 Å². The SMILES string of the molecule is CC(C)(C)c1cccc(-c2ccc(Nc3c(-c4ccccc4)cc(C(C)(C)C)cc3-c3ccccc3)cc2)c1. The molecule has 39 heavy (non-hydrogen) atoms. The quantitative estimate of drug-likeness (QED) is 0.248. The Morgan fingerprint density at radius 3 is 1.38 bits per heavy atom. The van der Waals surface area contributed by atoms with Gasteiger partial charge in [0.05, 0.1) is 5.69 Å². The van der Waals surface area contributed by atoms with Crippen LogP contribution in [0.4, 0.5) is 11.4 Å². The molecule has 0 saturated heterocycles. The minimum absolute atomic E-state index is 0.0226. The Morgan fingerprint density at radius 1 is 0.410 bits per heavy atom. The van der Waals surface area contributed by atoms with Gasteiger partial charge in [-0.1, -0.05) is 139 Å². The van der Waals surface area contributed by atoms with E-state index in [1.165, 1.54) is 44.5 Å². The molecule has 1 nitrogen and oxygen atoms in total. The second kappa shape index (κ2) is 10.6. The normalized spacial score (nSPS) is 11.8. The predicted molar refractivity (Wildman–Crippen MR) is 170 cm³/mol. The molecule has 1 heteroatoms. The van der Waals surface area contributed by atoms with Gasteiger partial charge >= 0.3 is 0 Å². The highest BCUT2D eigenvalue weighted by Crippen LogP contribution is 2.42. The van der Waals surface area contributed by atoms with Gasteiger partial charge in [-0.25, -0.2) is 0 Å². The molecule has 196 valence electrons. The summed E-state index contributed by atoms with van der Waals surface area (Å²) < 4.78 is 0. The molecule has 0 radical (unpaired) electrons. The summed E-state index contributed by atoms with van der Waals surface area (Å²) in [4.78, 5) is 0. The first-order valence-corrected chi connectivity index (χ1v) is 13.9. The van der Waals surface area contributed by atoms with Crippen molar-refractivity contribution in [2.24, 2.45) is 0 Å². The Bertz CT molecular complexity index is 1490. The Morgan fingerprint density at radius 2 is 0.897 bits per heavy atom. The Kier molecular flexibility index (Phi) is 7.19. The molecule has 0 bridgehead atoms. The van der Waals surface area contributed by atoms with Gasteiger partial charge in [-0.2, -0.15) is 0 Å². The van der Waals surface area contributed by atoms with Gasteiger partial charge in [0.1, 0.15) is 0 Å². The summed E-state index contributed by atoms with van der Waals surface area (Å²) in [5.41, 5.74) is 12.3. The second-order valence-corrected chi connectivity index (χ2v) is 12.5. The van der Waals surface area contributed by atoms with Gasteiger partial charge in [0.15, 0.2) is 0 Å². The van der Waals surface area contributed by atoms with E-state index in [0.29, 0.717) is 0 Å². The summed E-state index contributed by atoms with van der Waals surface area (Å²) in [6.45, 7) is 13.6.